The van der Waals surface area contributed by atoms with Crippen molar-refractivity contribution in [2.75, 3.05) is 7.11 Å². The average molecular weight is 396 g/mol. The summed E-state index contributed by atoms with van der Waals surface area (Å²) in [5, 5.41) is 5.19. The van der Waals surface area contributed by atoms with Crippen molar-refractivity contribution in [2.45, 2.75) is 13.8 Å². The molecule has 0 radical (unpaired) electrons. The van der Waals surface area contributed by atoms with Crippen LogP contribution in [-0.4, -0.2) is 26.3 Å². The number of fused-ring (bicyclic) bond motifs is 3. The predicted octanol–water partition coefficient (Wildman–Crippen LogP) is 4.33. The summed E-state index contributed by atoms with van der Waals surface area (Å²) >= 11 is 0. The van der Waals surface area contributed by atoms with Crippen molar-refractivity contribution in [3.8, 4) is 22.6 Å². The highest BCUT2D eigenvalue weighted by molar-refractivity contribution is 5.86. The lowest BCUT2D eigenvalue weighted by Crippen LogP contribution is -2.19. The fourth-order valence-corrected chi connectivity index (χ4v) is 3.85. The summed E-state index contributed by atoms with van der Waals surface area (Å²) in [5.74, 6) is 0.629. The Hall–Kier alpha value is -3.93. The van der Waals surface area contributed by atoms with Crippen molar-refractivity contribution in [2.24, 2.45) is 0 Å². The van der Waals surface area contributed by atoms with Crippen molar-refractivity contribution in [1.82, 2.24) is 19.2 Å². The molecule has 5 aromatic rings. The van der Waals surface area contributed by atoms with Gasteiger partial charge in [0.25, 0.3) is 5.56 Å². The third-order valence-corrected chi connectivity index (χ3v) is 5.37. The number of nitrogens with zero attached hydrogens (tertiary/aromatic N) is 4. The fraction of sp³-hybridized carbons (Fsp3) is 0.125. The second-order valence-corrected chi connectivity index (χ2v) is 7.28. The Labute approximate surface area is 173 Å². The van der Waals surface area contributed by atoms with Gasteiger partial charge in [0.15, 0.2) is 5.65 Å². The first-order valence-electron chi connectivity index (χ1n) is 9.68. The molecule has 30 heavy (non-hydrogen) atoms. The molecular weight excluding hydrogens is 376 g/mol. The van der Waals surface area contributed by atoms with Crippen LogP contribution < -0.4 is 10.3 Å². The van der Waals surface area contributed by atoms with Crippen LogP contribution in [-0.2, 0) is 0 Å². The van der Waals surface area contributed by atoms with E-state index >= 15 is 0 Å². The second kappa shape index (κ2) is 6.84. The molecule has 0 fully saturated rings. The zero-order valence-corrected chi connectivity index (χ0v) is 17.0. The number of pyridine rings is 1. The number of benzene rings is 2. The van der Waals surface area contributed by atoms with Crippen LogP contribution >= 0.6 is 0 Å². The quantitative estimate of drug-likeness (QED) is 0.456. The van der Waals surface area contributed by atoms with E-state index in [1.807, 2.05) is 37.3 Å². The van der Waals surface area contributed by atoms with Gasteiger partial charge in [-0.2, -0.15) is 5.10 Å². The van der Waals surface area contributed by atoms with Crippen molar-refractivity contribution in [3.05, 3.63) is 88.6 Å². The van der Waals surface area contributed by atoms with Gasteiger partial charge in [0.05, 0.1) is 29.4 Å². The van der Waals surface area contributed by atoms with Gasteiger partial charge in [-0.3, -0.25) is 9.36 Å². The van der Waals surface area contributed by atoms with Gasteiger partial charge in [0, 0.05) is 18.0 Å². The van der Waals surface area contributed by atoms with Gasteiger partial charge in [-0.05, 0) is 37.6 Å². The maximum atomic E-state index is 13.3. The largest absolute Gasteiger partial charge is 0.495 e. The van der Waals surface area contributed by atoms with Crippen LogP contribution in [0, 0.1) is 13.8 Å². The number of ether oxygens (including phenoxy) is 1. The molecular formula is C24H20N4O2. The molecule has 0 unspecified atom stereocenters. The Bertz CT molecular complexity index is 1460. The molecule has 0 aliphatic rings. The first-order valence-corrected chi connectivity index (χ1v) is 9.68. The van der Waals surface area contributed by atoms with Crippen LogP contribution in [0.2, 0.25) is 0 Å². The van der Waals surface area contributed by atoms with Crippen LogP contribution in [0.5, 0.6) is 5.75 Å². The molecule has 0 saturated carbocycles. The van der Waals surface area contributed by atoms with E-state index in [1.54, 1.807) is 28.6 Å². The van der Waals surface area contributed by atoms with Gasteiger partial charge in [0.1, 0.15) is 5.75 Å². The molecule has 0 amide bonds. The highest BCUT2D eigenvalue weighted by atomic mass is 16.5. The summed E-state index contributed by atoms with van der Waals surface area (Å²) < 4.78 is 8.75. The van der Waals surface area contributed by atoms with E-state index < -0.39 is 0 Å². The minimum Gasteiger partial charge on any atom is -0.495 e. The lowest BCUT2D eigenvalue weighted by atomic mass is 10.0. The maximum absolute atomic E-state index is 13.3. The van der Waals surface area contributed by atoms with E-state index in [0.29, 0.717) is 16.8 Å². The Morgan fingerprint density at radius 3 is 2.50 bits per heavy atom. The maximum Gasteiger partial charge on any atom is 0.266 e. The van der Waals surface area contributed by atoms with E-state index in [2.05, 4.69) is 36.2 Å². The molecule has 6 nitrogen and oxygen atoms in total. The molecule has 148 valence electrons. The average Bonchev–Trinajstić information content (AvgIpc) is 3.11. The van der Waals surface area contributed by atoms with Gasteiger partial charge in [-0.1, -0.05) is 42.0 Å². The minimum atomic E-state index is -0.170. The molecule has 0 aliphatic carbocycles. The van der Waals surface area contributed by atoms with Crippen LogP contribution in [0.3, 0.4) is 0 Å². The minimum absolute atomic E-state index is 0.170. The molecule has 0 atom stereocenters. The van der Waals surface area contributed by atoms with Crippen LogP contribution in [0.25, 0.3) is 33.4 Å². The number of aryl methyl sites for hydroxylation is 2. The monoisotopic (exact) mass is 396 g/mol. The smallest absolute Gasteiger partial charge is 0.266 e. The standard InChI is InChI=1S/C24H20N4O2/c1-15-8-10-17(11-9-15)22-16(2)26-28-19-12-13-27(20-6-4-5-7-21(20)30-3)24(29)18(19)14-25-23(22)28/h4-14H,1-3H3. The summed E-state index contributed by atoms with van der Waals surface area (Å²) in [4.78, 5) is 17.9. The molecule has 3 heterocycles. The number of hydrogen-bond acceptors (Lipinski definition) is 4. The van der Waals surface area contributed by atoms with Crippen LogP contribution in [0.15, 0.2) is 71.8 Å². The van der Waals surface area contributed by atoms with E-state index in [9.17, 15) is 4.79 Å². The first-order chi connectivity index (χ1) is 14.6. The number of methoxy groups -OCH3 is 1. The number of aromatic nitrogens is 4. The zero-order valence-electron chi connectivity index (χ0n) is 17.0. The fourth-order valence-electron chi connectivity index (χ4n) is 3.85. The number of para-hydroxylation sites is 2. The van der Waals surface area contributed by atoms with E-state index in [4.69, 9.17) is 9.84 Å². The molecule has 3 aromatic heterocycles. The SMILES string of the molecule is COc1ccccc1-n1ccc2c(cnc3c(-c4ccc(C)cc4)c(C)nn32)c1=O. The summed E-state index contributed by atoms with van der Waals surface area (Å²) in [6.07, 6.45) is 3.39. The third kappa shape index (κ3) is 2.69. The van der Waals surface area contributed by atoms with Gasteiger partial charge in [-0.15, -0.1) is 0 Å². The van der Waals surface area contributed by atoms with Crippen molar-refractivity contribution < 1.29 is 4.74 Å². The van der Waals surface area contributed by atoms with Crippen LogP contribution in [0.4, 0.5) is 0 Å². The molecule has 0 bridgehead atoms. The Morgan fingerprint density at radius 2 is 1.73 bits per heavy atom. The molecule has 0 spiro atoms. The number of hydrogen-bond donors (Lipinski definition) is 0. The van der Waals surface area contributed by atoms with Crippen molar-refractivity contribution in [1.29, 1.82) is 0 Å². The van der Waals surface area contributed by atoms with Gasteiger partial charge < -0.3 is 4.74 Å². The highest BCUT2D eigenvalue weighted by Crippen LogP contribution is 2.29. The zero-order chi connectivity index (χ0) is 20.8. The lowest BCUT2D eigenvalue weighted by molar-refractivity contribution is 0.412. The molecule has 6 heteroatoms. The first kappa shape index (κ1) is 18.1. The third-order valence-electron chi connectivity index (χ3n) is 5.37. The van der Waals surface area contributed by atoms with Crippen molar-refractivity contribution >= 4 is 16.6 Å². The molecule has 2 aromatic carbocycles. The lowest BCUT2D eigenvalue weighted by Gasteiger charge is -2.11. The van der Waals surface area contributed by atoms with Crippen LogP contribution in [0.1, 0.15) is 11.3 Å². The van der Waals surface area contributed by atoms with E-state index in [-0.39, 0.29) is 5.56 Å². The van der Waals surface area contributed by atoms with Gasteiger partial charge in [0.2, 0.25) is 0 Å². The summed E-state index contributed by atoms with van der Waals surface area (Å²) in [6, 6.07) is 17.6. The Balaban J connectivity index is 1.76. The van der Waals surface area contributed by atoms with Gasteiger partial charge in [-0.25, -0.2) is 9.50 Å². The molecule has 0 saturated heterocycles. The van der Waals surface area contributed by atoms with E-state index in [0.717, 1.165) is 28.0 Å². The van der Waals surface area contributed by atoms with Gasteiger partial charge >= 0.3 is 0 Å². The highest BCUT2D eigenvalue weighted by Gasteiger charge is 2.17. The topological polar surface area (TPSA) is 61.4 Å². The Morgan fingerprint density at radius 1 is 0.967 bits per heavy atom. The second-order valence-electron chi connectivity index (χ2n) is 7.28. The normalized spacial score (nSPS) is 11.3. The predicted molar refractivity (Wildman–Crippen MR) is 118 cm³/mol. The summed E-state index contributed by atoms with van der Waals surface area (Å²) in [5.41, 5.74) is 6.07. The summed E-state index contributed by atoms with van der Waals surface area (Å²) in [6.45, 7) is 4.02. The van der Waals surface area contributed by atoms with Crippen molar-refractivity contribution in [3.63, 3.8) is 0 Å². The summed E-state index contributed by atoms with van der Waals surface area (Å²) in [7, 11) is 1.59. The molecule has 0 aliphatic heterocycles. The number of rotatable bonds is 3. The molecule has 0 N–H and O–H groups in total. The Kier molecular flexibility index (Phi) is 4.13. The molecule has 5 rings (SSSR count). The van der Waals surface area contributed by atoms with E-state index in [1.165, 1.54) is 5.56 Å².